The van der Waals surface area contributed by atoms with Gasteiger partial charge in [0.2, 0.25) is 5.78 Å². The van der Waals surface area contributed by atoms with Crippen LogP contribution in [0.25, 0.3) is 0 Å². The van der Waals surface area contributed by atoms with Crippen LogP contribution >= 0.6 is 11.3 Å². The maximum absolute atomic E-state index is 13.4. The minimum atomic E-state index is -1.04. The van der Waals surface area contributed by atoms with E-state index in [2.05, 4.69) is 11.9 Å². The maximum atomic E-state index is 13.4. The standard InChI is InChI=1S/C27H28N2O7S/c1-5-7-12-35-18-11-10-17(14-20(18)34-6-2)22-21(23(31)19-9-8-13-36-19)24(32)26(33)29(22)27-28-15(3)25(37-27)16(4)30/h8-11,13-14,22,32H,5-7,12H2,1-4H3. The molecule has 1 N–H and O–H groups in total. The monoisotopic (exact) mass is 524 g/mol. The van der Waals surface area contributed by atoms with E-state index in [4.69, 9.17) is 13.9 Å². The maximum Gasteiger partial charge on any atom is 0.296 e. The molecule has 1 aliphatic rings. The summed E-state index contributed by atoms with van der Waals surface area (Å²) in [7, 11) is 0. The van der Waals surface area contributed by atoms with Gasteiger partial charge in [-0.3, -0.25) is 19.3 Å². The molecule has 0 spiro atoms. The van der Waals surface area contributed by atoms with Crippen LogP contribution in [0.2, 0.25) is 0 Å². The lowest BCUT2D eigenvalue weighted by Gasteiger charge is -2.25. The number of unbranched alkanes of at least 4 members (excludes halogenated alkanes) is 1. The second-order valence-electron chi connectivity index (χ2n) is 8.45. The number of aliphatic hydroxyl groups excluding tert-OH is 1. The number of hydrogen-bond donors (Lipinski definition) is 1. The molecule has 2 aromatic heterocycles. The van der Waals surface area contributed by atoms with Crippen LogP contribution in [0.15, 0.2) is 52.3 Å². The Bertz CT molecular complexity index is 1360. The minimum Gasteiger partial charge on any atom is -0.503 e. The number of aryl methyl sites for hydroxylation is 1. The van der Waals surface area contributed by atoms with Gasteiger partial charge in [-0.05, 0) is 50.1 Å². The van der Waals surface area contributed by atoms with Gasteiger partial charge in [-0.15, -0.1) is 0 Å². The Morgan fingerprint density at radius 3 is 2.59 bits per heavy atom. The first kappa shape index (κ1) is 26.2. The average Bonchev–Trinajstić information content (AvgIpc) is 3.59. The molecule has 0 saturated carbocycles. The van der Waals surface area contributed by atoms with Crippen molar-refractivity contribution in [1.29, 1.82) is 0 Å². The van der Waals surface area contributed by atoms with Gasteiger partial charge in [-0.1, -0.05) is 30.7 Å². The van der Waals surface area contributed by atoms with Crippen molar-refractivity contribution in [2.45, 2.75) is 46.6 Å². The van der Waals surface area contributed by atoms with Crippen molar-refractivity contribution in [3.05, 3.63) is 69.8 Å². The van der Waals surface area contributed by atoms with Crippen molar-refractivity contribution in [3.8, 4) is 11.5 Å². The quantitative estimate of drug-likeness (QED) is 0.254. The Morgan fingerprint density at radius 2 is 1.97 bits per heavy atom. The first-order valence-electron chi connectivity index (χ1n) is 12.0. The number of ketones is 2. The third kappa shape index (κ3) is 5.01. The van der Waals surface area contributed by atoms with Crippen molar-refractivity contribution >= 4 is 33.9 Å². The van der Waals surface area contributed by atoms with E-state index < -0.39 is 23.5 Å². The van der Waals surface area contributed by atoms with Crippen LogP contribution in [0, 0.1) is 6.92 Å². The first-order valence-corrected chi connectivity index (χ1v) is 12.8. The van der Waals surface area contributed by atoms with Crippen LogP contribution in [-0.4, -0.2) is 40.8 Å². The van der Waals surface area contributed by atoms with E-state index in [0.717, 1.165) is 24.2 Å². The molecule has 4 rings (SSSR count). The van der Waals surface area contributed by atoms with Gasteiger partial charge >= 0.3 is 0 Å². The summed E-state index contributed by atoms with van der Waals surface area (Å²) in [5.74, 6) is -1.38. The molecule has 1 atom stereocenters. The number of ether oxygens (including phenoxy) is 2. The summed E-state index contributed by atoms with van der Waals surface area (Å²) in [4.78, 5) is 45.0. The second kappa shape index (κ2) is 11.0. The van der Waals surface area contributed by atoms with Crippen molar-refractivity contribution in [1.82, 2.24) is 4.98 Å². The number of anilines is 1. The summed E-state index contributed by atoms with van der Waals surface area (Å²) < 4.78 is 17.0. The van der Waals surface area contributed by atoms with Gasteiger partial charge in [0.15, 0.2) is 33.9 Å². The summed E-state index contributed by atoms with van der Waals surface area (Å²) in [5, 5.41) is 11.1. The minimum absolute atomic E-state index is 0.0227. The van der Waals surface area contributed by atoms with Gasteiger partial charge in [-0.25, -0.2) is 4.98 Å². The van der Waals surface area contributed by atoms with Crippen molar-refractivity contribution in [2.75, 3.05) is 18.1 Å². The van der Waals surface area contributed by atoms with Crippen molar-refractivity contribution in [3.63, 3.8) is 0 Å². The molecule has 0 fully saturated rings. The van der Waals surface area contributed by atoms with Crippen LogP contribution in [0.4, 0.5) is 5.13 Å². The SMILES string of the molecule is CCCCOc1ccc(C2C(C(=O)c3ccco3)=C(O)C(=O)N2c2nc(C)c(C(C)=O)s2)cc1OCC. The molecule has 0 saturated heterocycles. The van der Waals surface area contributed by atoms with Gasteiger partial charge in [0, 0.05) is 6.92 Å². The zero-order chi connectivity index (χ0) is 26.7. The molecule has 10 heteroatoms. The Balaban J connectivity index is 1.85. The average molecular weight is 525 g/mol. The number of benzene rings is 1. The Hall–Kier alpha value is -3.92. The molecule has 0 aliphatic carbocycles. The van der Waals surface area contributed by atoms with Gasteiger partial charge in [0.05, 0.1) is 41.7 Å². The second-order valence-corrected chi connectivity index (χ2v) is 9.43. The normalized spacial score (nSPS) is 15.4. The van der Waals surface area contributed by atoms with E-state index in [9.17, 15) is 19.5 Å². The number of Topliss-reactive ketones (excluding diaryl/α,β-unsaturated/α-hetero) is 2. The highest BCUT2D eigenvalue weighted by atomic mass is 32.1. The van der Waals surface area contributed by atoms with Crippen LogP contribution in [0.3, 0.4) is 0 Å². The van der Waals surface area contributed by atoms with Crippen LogP contribution in [0.1, 0.15) is 71.1 Å². The van der Waals surface area contributed by atoms with E-state index in [-0.39, 0.29) is 22.2 Å². The third-order valence-electron chi connectivity index (χ3n) is 5.85. The van der Waals surface area contributed by atoms with Gasteiger partial charge in [-0.2, -0.15) is 0 Å². The van der Waals surface area contributed by atoms with E-state index in [1.54, 1.807) is 31.2 Å². The molecule has 3 aromatic rings. The summed E-state index contributed by atoms with van der Waals surface area (Å²) in [6, 6.07) is 7.10. The molecule has 37 heavy (non-hydrogen) atoms. The lowest BCUT2D eigenvalue weighted by Crippen LogP contribution is -2.31. The number of hydrogen-bond acceptors (Lipinski definition) is 9. The number of amides is 1. The largest absolute Gasteiger partial charge is 0.503 e. The van der Waals surface area contributed by atoms with Crippen LogP contribution < -0.4 is 14.4 Å². The van der Waals surface area contributed by atoms with Crippen molar-refractivity contribution < 1.29 is 33.4 Å². The molecule has 194 valence electrons. The lowest BCUT2D eigenvalue weighted by atomic mass is 9.95. The fourth-order valence-electron chi connectivity index (χ4n) is 4.11. The molecule has 1 amide bonds. The third-order valence-corrected chi connectivity index (χ3v) is 7.11. The van der Waals surface area contributed by atoms with Gasteiger partial charge < -0.3 is 19.0 Å². The highest BCUT2D eigenvalue weighted by Gasteiger charge is 2.47. The first-order chi connectivity index (χ1) is 17.8. The number of aromatic nitrogens is 1. The molecule has 0 radical (unpaired) electrons. The molecule has 1 unspecified atom stereocenters. The number of nitrogens with zero attached hydrogens (tertiary/aromatic N) is 2. The molecular formula is C27H28N2O7S. The number of furan rings is 1. The van der Waals surface area contributed by atoms with Crippen LogP contribution in [-0.2, 0) is 4.79 Å². The zero-order valence-electron chi connectivity index (χ0n) is 21.1. The predicted octanol–water partition coefficient (Wildman–Crippen LogP) is 5.61. The van der Waals surface area contributed by atoms with E-state index in [0.29, 0.717) is 40.8 Å². The molecule has 3 heterocycles. The fraction of sp³-hybridized carbons (Fsp3) is 0.333. The Kier molecular flexibility index (Phi) is 7.77. The van der Waals surface area contributed by atoms with E-state index >= 15 is 0 Å². The van der Waals surface area contributed by atoms with Crippen molar-refractivity contribution in [2.24, 2.45) is 0 Å². The van der Waals surface area contributed by atoms with E-state index in [1.165, 1.54) is 24.2 Å². The van der Waals surface area contributed by atoms with E-state index in [1.807, 2.05) is 6.92 Å². The number of carbonyl (C=O) groups is 3. The molecule has 0 bridgehead atoms. The summed E-state index contributed by atoms with van der Waals surface area (Å²) in [6.07, 6.45) is 3.19. The smallest absolute Gasteiger partial charge is 0.296 e. The predicted molar refractivity (Wildman–Crippen MR) is 138 cm³/mol. The highest BCUT2D eigenvalue weighted by molar-refractivity contribution is 7.17. The number of rotatable bonds is 11. The number of carbonyl (C=O) groups excluding carboxylic acids is 3. The molecule has 1 aromatic carbocycles. The summed E-state index contributed by atoms with van der Waals surface area (Å²) in [6.45, 7) is 7.88. The zero-order valence-corrected chi connectivity index (χ0v) is 21.9. The highest BCUT2D eigenvalue weighted by Crippen LogP contribution is 2.45. The Morgan fingerprint density at radius 1 is 1.19 bits per heavy atom. The number of aliphatic hydroxyl groups is 1. The fourth-order valence-corrected chi connectivity index (χ4v) is 5.10. The number of thiazole rings is 1. The Labute approximate surface area is 218 Å². The molecule has 9 nitrogen and oxygen atoms in total. The van der Waals surface area contributed by atoms with Gasteiger partial charge in [0.25, 0.3) is 5.91 Å². The summed E-state index contributed by atoms with van der Waals surface area (Å²) in [5.41, 5.74) is 0.800. The topological polar surface area (TPSA) is 119 Å². The van der Waals surface area contributed by atoms with Crippen LogP contribution in [0.5, 0.6) is 11.5 Å². The lowest BCUT2D eigenvalue weighted by molar-refractivity contribution is -0.117. The summed E-state index contributed by atoms with van der Waals surface area (Å²) >= 11 is 1.03. The molecular weight excluding hydrogens is 496 g/mol. The molecule has 1 aliphatic heterocycles. The van der Waals surface area contributed by atoms with Gasteiger partial charge in [0.1, 0.15) is 0 Å².